The third-order valence-corrected chi connectivity index (χ3v) is 5.26. The Bertz CT molecular complexity index is 1020. The summed E-state index contributed by atoms with van der Waals surface area (Å²) in [6.07, 6.45) is 5.80. The lowest BCUT2D eigenvalue weighted by Crippen LogP contribution is -2.21. The lowest BCUT2D eigenvalue weighted by atomic mass is 10.0. The fourth-order valence-corrected chi connectivity index (χ4v) is 3.46. The molecule has 1 saturated carbocycles. The monoisotopic (exact) mass is 362 g/mol. The van der Waals surface area contributed by atoms with E-state index in [4.69, 9.17) is 0 Å². The molecule has 0 aromatic carbocycles. The Hall–Kier alpha value is -3.02. The summed E-state index contributed by atoms with van der Waals surface area (Å²) in [6, 6.07) is 9.30. The third-order valence-electron chi connectivity index (χ3n) is 5.26. The van der Waals surface area contributed by atoms with Crippen LogP contribution in [0.3, 0.4) is 0 Å². The number of aromatic nitrogens is 3. The number of rotatable bonds is 6. The van der Waals surface area contributed by atoms with Crippen molar-refractivity contribution in [3.8, 4) is 0 Å². The molecular formula is C21H22N4O2. The topological polar surface area (TPSA) is 76.4 Å². The highest BCUT2D eigenvalue weighted by molar-refractivity contribution is 6.00. The van der Waals surface area contributed by atoms with Crippen LogP contribution in [0, 0.1) is 11.8 Å². The predicted molar refractivity (Wildman–Crippen MR) is 102 cm³/mol. The van der Waals surface area contributed by atoms with Gasteiger partial charge in [0.2, 0.25) is 0 Å². The van der Waals surface area contributed by atoms with Crippen LogP contribution in [0.5, 0.6) is 0 Å². The molecule has 3 aromatic heterocycles. The highest BCUT2D eigenvalue weighted by Gasteiger charge is 2.34. The Morgan fingerprint density at radius 1 is 1.30 bits per heavy atom. The quantitative estimate of drug-likeness (QED) is 0.684. The highest BCUT2D eigenvalue weighted by atomic mass is 16.1. The van der Waals surface area contributed by atoms with E-state index in [-0.39, 0.29) is 17.4 Å². The van der Waals surface area contributed by atoms with Gasteiger partial charge in [0.15, 0.2) is 5.78 Å². The van der Waals surface area contributed by atoms with Crippen LogP contribution in [0.1, 0.15) is 52.0 Å². The van der Waals surface area contributed by atoms with Crippen LogP contribution in [-0.4, -0.2) is 33.1 Å². The first kappa shape index (κ1) is 17.4. The van der Waals surface area contributed by atoms with Gasteiger partial charge < -0.3 is 9.72 Å². The van der Waals surface area contributed by atoms with Gasteiger partial charge in [-0.15, -0.1) is 0 Å². The van der Waals surface area contributed by atoms with E-state index in [0.717, 1.165) is 17.8 Å². The zero-order valence-corrected chi connectivity index (χ0v) is 15.5. The van der Waals surface area contributed by atoms with Gasteiger partial charge in [-0.2, -0.15) is 0 Å². The van der Waals surface area contributed by atoms with Gasteiger partial charge in [-0.1, -0.05) is 13.0 Å². The van der Waals surface area contributed by atoms with E-state index in [1.165, 1.54) is 0 Å². The van der Waals surface area contributed by atoms with Crippen LogP contribution in [-0.2, 0) is 6.42 Å². The zero-order valence-electron chi connectivity index (χ0n) is 15.5. The second-order valence-electron chi connectivity index (χ2n) is 7.26. The van der Waals surface area contributed by atoms with E-state index >= 15 is 0 Å². The van der Waals surface area contributed by atoms with Crippen LogP contribution in [0.2, 0.25) is 0 Å². The smallest absolute Gasteiger partial charge is 0.269 e. The number of Topliss-reactive ketones (excluding diaryl/α,β-unsaturated/α-hetero) is 1. The van der Waals surface area contributed by atoms with Gasteiger partial charge in [0.25, 0.3) is 5.91 Å². The minimum atomic E-state index is -0.286. The van der Waals surface area contributed by atoms with Crippen molar-refractivity contribution < 1.29 is 9.59 Å². The Morgan fingerprint density at radius 2 is 2.11 bits per heavy atom. The summed E-state index contributed by atoms with van der Waals surface area (Å²) in [5.41, 5.74) is 3.40. The number of hydrogen-bond donors (Lipinski definition) is 1. The summed E-state index contributed by atoms with van der Waals surface area (Å²) >= 11 is 0. The fraction of sp³-hybridized carbons (Fsp3) is 0.333. The summed E-state index contributed by atoms with van der Waals surface area (Å²) in [5.74, 6) is 0.885. The van der Waals surface area contributed by atoms with Gasteiger partial charge >= 0.3 is 0 Å². The number of imidazole rings is 1. The Morgan fingerprint density at radius 3 is 2.85 bits per heavy atom. The van der Waals surface area contributed by atoms with Gasteiger partial charge in [-0.05, 0) is 42.5 Å². The summed E-state index contributed by atoms with van der Waals surface area (Å²) in [5, 5.41) is 2.60. The molecule has 0 aliphatic heterocycles. The summed E-state index contributed by atoms with van der Waals surface area (Å²) in [7, 11) is 1.57. The molecule has 1 amide bonds. The van der Waals surface area contributed by atoms with Gasteiger partial charge in [0.05, 0.1) is 0 Å². The lowest BCUT2D eigenvalue weighted by molar-refractivity contribution is 0.0958. The number of hydrogen-bond acceptors (Lipinski definition) is 4. The van der Waals surface area contributed by atoms with Crippen molar-refractivity contribution in [3.05, 3.63) is 65.4 Å². The molecule has 1 aliphatic carbocycles. The van der Waals surface area contributed by atoms with Crippen molar-refractivity contribution in [2.24, 2.45) is 11.8 Å². The van der Waals surface area contributed by atoms with E-state index in [9.17, 15) is 9.59 Å². The molecule has 138 valence electrons. The molecule has 1 fully saturated rings. The van der Waals surface area contributed by atoms with Crippen molar-refractivity contribution in [3.63, 3.8) is 0 Å². The van der Waals surface area contributed by atoms with Gasteiger partial charge in [-0.25, -0.2) is 9.97 Å². The van der Waals surface area contributed by atoms with Crippen molar-refractivity contribution in [1.29, 1.82) is 0 Å². The SMILES string of the molecule is CNC(=O)c1cc(C(=O)C[C@H]2C[C@@H]2C)cc(Cc2cccc3nccn23)n1. The molecule has 1 aliphatic rings. The van der Waals surface area contributed by atoms with Crippen molar-refractivity contribution in [1.82, 2.24) is 19.7 Å². The number of nitrogens with one attached hydrogen (secondary N) is 1. The predicted octanol–water partition coefficient (Wildman–Crippen LogP) is 2.91. The second kappa shape index (κ2) is 6.95. The molecule has 27 heavy (non-hydrogen) atoms. The molecule has 3 heterocycles. The Kier molecular flexibility index (Phi) is 4.48. The number of amides is 1. The number of fused-ring (bicyclic) bond motifs is 1. The summed E-state index contributed by atoms with van der Waals surface area (Å²) in [4.78, 5) is 33.6. The van der Waals surface area contributed by atoms with Gasteiger partial charge in [-0.3, -0.25) is 9.59 Å². The average molecular weight is 362 g/mol. The van der Waals surface area contributed by atoms with Crippen molar-refractivity contribution >= 4 is 17.3 Å². The molecular weight excluding hydrogens is 340 g/mol. The zero-order chi connectivity index (χ0) is 19.0. The number of carbonyl (C=O) groups is 2. The maximum absolute atomic E-state index is 12.7. The maximum atomic E-state index is 12.7. The molecule has 0 bridgehead atoms. The standard InChI is InChI=1S/C21H22N4O2/c1-13-8-14(13)11-19(26)15-9-16(24-18(10-15)21(27)22-2)12-17-4-3-5-20-23-6-7-25(17)20/h3-7,9-10,13-14H,8,11-12H2,1-2H3,(H,22,27)/t13-,14+/m0/s1. The van der Waals surface area contributed by atoms with E-state index in [2.05, 4.69) is 22.2 Å². The van der Waals surface area contributed by atoms with E-state index in [1.54, 1.807) is 19.3 Å². The second-order valence-corrected chi connectivity index (χ2v) is 7.26. The molecule has 2 atom stereocenters. The van der Waals surface area contributed by atoms with Crippen LogP contribution >= 0.6 is 0 Å². The number of nitrogens with zero attached hydrogens (tertiary/aromatic N) is 3. The minimum absolute atomic E-state index is 0.0824. The number of ketones is 1. The Labute approximate surface area is 157 Å². The van der Waals surface area contributed by atoms with Crippen LogP contribution in [0.25, 0.3) is 5.65 Å². The lowest BCUT2D eigenvalue weighted by Gasteiger charge is -2.10. The molecule has 0 unspecified atom stereocenters. The van der Waals surface area contributed by atoms with Crippen LogP contribution < -0.4 is 5.32 Å². The summed E-state index contributed by atoms with van der Waals surface area (Å²) in [6.45, 7) is 2.16. The van der Waals surface area contributed by atoms with E-state index < -0.39 is 0 Å². The largest absolute Gasteiger partial charge is 0.354 e. The number of carbonyl (C=O) groups excluding carboxylic acids is 2. The Balaban J connectivity index is 1.68. The fourth-order valence-electron chi connectivity index (χ4n) is 3.46. The molecule has 0 radical (unpaired) electrons. The minimum Gasteiger partial charge on any atom is -0.354 e. The van der Waals surface area contributed by atoms with Crippen molar-refractivity contribution in [2.45, 2.75) is 26.2 Å². The highest BCUT2D eigenvalue weighted by Crippen LogP contribution is 2.41. The summed E-state index contributed by atoms with van der Waals surface area (Å²) < 4.78 is 1.99. The van der Waals surface area contributed by atoms with E-state index in [0.29, 0.717) is 35.9 Å². The maximum Gasteiger partial charge on any atom is 0.269 e. The molecule has 0 spiro atoms. The molecule has 4 rings (SSSR count). The molecule has 1 N–H and O–H groups in total. The van der Waals surface area contributed by atoms with Gasteiger partial charge in [0.1, 0.15) is 11.3 Å². The van der Waals surface area contributed by atoms with Crippen LogP contribution in [0.4, 0.5) is 0 Å². The normalized spacial score (nSPS) is 18.4. The van der Waals surface area contributed by atoms with E-state index in [1.807, 2.05) is 34.9 Å². The van der Waals surface area contributed by atoms with Crippen LogP contribution in [0.15, 0.2) is 42.7 Å². The first-order valence-electron chi connectivity index (χ1n) is 9.22. The molecule has 3 aromatic rings. The first-order chi connectivity index (χ1) is 13.0. The number of pyridine rings is 2. The van der Waals surface area contributed by atoms with Crippen molar-refractivity contribution in [2.75, 3.05) is 7.05 Å². The third kappa shape index (κ3) is 3.60. The molecule has 6 nitrogen and oxygen atoms in total. The van der Waals surface area contributed by atoms with Gasteiger partial charge in [0, 0.05) is 49.2 Å². The molecule has 0 saturated heterocycles. The first-order valence-corrected chi connectivity index (χ1v) is 9.22. The average Bonchev–Trinajstić information content (AvgIpc) is 3.16. The molecule has 6 heteroatoms.